The van der Waals surface area contributed by atoms with Gasteiger partial charge in [-0.1, -0.05) is 42.5 Å². The molecule has 10 nitrogen and oxygen atoms in total. The first-order chi connectivity index (χ1) is 17.2. The number of benzene rings is 3. The summed E-state index contributed by atoms with van der Waals surface area (Å²) in [6.07, 6.45) is -8.69. The third-order valence-electron chi connectivity index (χ3n) is 6.37. The fraction of sp³-hybridized carbons (Fsp3) is 0.231. The lowest BCUT2D eigenvalue weighted by atomic mass is 9.80. The summed E-state index contributed by atoms with van der Waals surface area (Å²) in [7, 11) is 0. The quantitative estimate of drug-likeness (QED) is 0.325. The highest BCUT2D eigenvalue weighted by molar-refractivity contribution is 5.96. The number of carboxylic acid groups (broad SMARTS) is 1. The van der Waals surface area contributed by atoms with Crippen molar-refractivity contribution in [3.8, 4) is 11.5 Å². The maximum atomic E-state index is 12.8. The second-order valence-electron chi connectivity index (χ2n) is 8.54. The lowest BCUT2D eigenvalue weighted by Gasteiger charge is -2.38. The first-order valence-electron chi connectivity index (χ1n) is 11.0. The van der Waals surface area contributed by atoms with Crippen LogP contribution < -0.4 is 4.74 Å². The molecule has 2 aliphatic heterocycles. The normalized spacial score (nSPS) is 29.3. The Hall–Kier alpha value is -3.96. The number of aliphatic hydroxyl groups is 3. The molecule has 6 atom stereocenters. The van der Waals surface area contributed by atoms with Crippen LogP contribution in [0.2, 0.25) is 0 Å². The van der Waals surface area contributed by atoms with Crippen molar-refractivity contribution in [3.05, 3.63) is 95.1 Å². The van der Waals surface area contributed by atoms with Crippen LogP contribution in [0.15, 0.2) is 72.8 Å². The minimum Gasteiger partial charge on any atom is -0.508 e. The SMILES string of the molecule is O=C1O[C@](c2ccc(O)cc2)(c2ccc(O[C@@H]3O[C@@H](C(=O)O)[C@H](O)[C@@H](O)[C@@H]3O)cc2)c2ccccc21. The Morgan fingerprint density at radius 1 is 0.833 bits per heavy atom. The number of carboxylic acids is 1. The summed E-state index contributed by atoms with van der Waals surface area (Å²) >= 11 is 0. The number of esters is 1. The highest BCUT2D eigenvalue weighted by Crippen LogP contribution is 2.47. The van der Waals surface area contributed by atoms with Crippen LogP contribution in [0.4, 0.5) is 0 Å². The first kappa shape index (κ1) is 23.8. The van der Waals surface area contributed by atoms with E-state index < -0.39 is 48.2 Å². The number of hydrogen-bond acceptors (Lipinski definition) is 9. The third-order valence-corrected chi connectivity index (χ3v) is 6.37. The largest absolute Gasteiger partial charge is 0.508 e. The molecule has 0 saturated carbocycles. The molecule has 0 aromatic heterocycles. The molecule has 0 amide bonds. The molecule has 5 rings (SSSR count). The summed E-state index contributed by atoms with van der Waals surface area (Å²) in [6, 6.07) is 19.5. The van der Waals surface area contributed by atoms with Crippen LogP contribution in [0.1, 0.15) is 27.0 Å². The molecular formula is C26H22O10. The molecular weight excluding hydrogens is 472 g/mol. The Bertz CT molecular complexity index is 1290. The van der Waals surface area contributed by atoms with Crippen LogP contribution in [0.3, 0.4) is 0 Å². The molecule has 2 aliphatic rings. The Balaban J connectivity index is 1.50. The van der Waals surface area contributed by atoms with Crippen LogP contribution in [0.5, 0.6) is 11.5 Å². The molecule has 0 unspecified atom stereocenters. The van der Waals surface area contributed by atoms with Crippen molar-refractivity contribution >= 4 is 11.9 Å². The van der Waals surface area contributed by atoms with E-state index in [0.717, 1.165) is 0 Å². The van der Waals surface area contributed by atoms with Crippen molar-refractivity contribution in [1.82, 2.24) is 0 Å². The van der Waals surface area contributed by atoms with Gasteiger partial charge in [0.05, 0.1) is 5.56 Å². The molecule has 0 radical (unpaired) electrons. The lowest BCUT2D eigenvalue weighted by Crippen LogP contribution is -2.61. The zero-order chi connectivity index (χ0) is 25.6. The van der Waals surface area contributed by atoms with Gasteiger partial charge in [-0.05, 0) is 30.3 Å². The number of carbonyl (C=O) groups is 2. The van der Waals surface area contributed by atoms with Crippen LogP contribution in [-0.2, 0) is 19.9 Å². The number of cyclic esters (lactones) is 1. The fourth-order valence-electron chi connectivity index (χ4n) is 4.56. The molecule has 2 heterocycles. The number of rotatable bonds is 5. The number of aliphatic hydroxyl groups excluding tert-OH is 3. The maximum Gasteiger partial charge on any atom is 0.340 e. The number of phenolic OH excluding ortho intramolecular Hbond substituents is 1. The zero-order valence-electron chi connectivity index (χ0n) is 18.6. The number of fused-ring (bicyclic) bond motifs is 1. The second-order valence-corrected chi connectivity index (χ2v) is 8.54. The van der Waals surface area contributed by atoms with E-state index in [1.165, 1.54) is 24.3 Å². The van der Waals surface area contributed by atoms with Gasteiger partial charge in [0, 0.05) is 16.7 Å². The molecule has 0 bridgehead atoms. The minimum absolute atomic E-state index is 0.0493. The number of aromatic hydroxyl groups is 1. The van der Waals surface area contributed by atoms with Gasteiger partial charge in [0.2, 0.25) is 6.29 Å². The number of hydrogen-bond donors (Lipinski definition) is 5. The van der Waals surface area contributed by atoms with Crippen molar-refractivity contribution in [2.45, 2.75) is 36.3 Å². The molecule has 10 heteroatoms. The highest BCUT2D eigenvalue weighted by Gasteiger charge is 2.49. The van der Waals surface area contributed by atoms with E-state index >= 15 is 0 Å². The van der Waals surface area contributed by atoms with E-state index in [2.05, 4.69) is 0 Å². The van der Waals surface area contributed by atoms with Gasteiger partial charge in [0.15, 0.2) is 11.7 Å². The van der Waals surface area contributed by atoms with Gasteiger partial charge < -0.3 is 39.7 Å². The van der Waals surface area contributed by atoms with Crippen molar-refractivity contribution in [3.63, 3.8) is 0 Å². The average molecular weight is 494 g/mol. The summed E-state index contributed by atoms with van der Waals surface area (Å²) in [5.74, 6) is -1.82. The van der Waals surface area contributed by atoms with Gasteiger partial charge in [-0.15, -0.1) is 0 Å². The Kier molecular flexibility index (Phi) is 5.89. The van der Waals surface area contributed by atoms with Crippen molar-refractivity contribution in [2.75, 3.05) is 0 Å². The van der Waals surface area contributed by atoms with E-state index in [0.29, 0.717) is 22.3 Å². The van der Waals surface area contributed by atoms with Gasteiger partial charge in [0.1, 0.15) is 29.8 Å². The summed E-state index contributed by atoms with van der Waals surface area (Å²) < 4.78 is 16.7. The van der Waals surface area contributed by atoms with E-state index in [1.54, 1.807) is 48.5 Å². The van der Waals surface area contributed by atoms with Crippen molar-refractivity contribution in [1.29, 1.82) is 0 Å². The van der Waals surface area contributed by atoms with Crippen molar-refractivity contribution < 1.29 is 49.3 Å². The fourth-order valence-corrected chi connectivity index (χ4v) is 4.56. The summed E-state index contributed by atoms with van der Waals surface area (Å²) in [5, 5.41) is 49.1. The Morgan fingerprint density at radius 2 is 1.44 bits per heavy atom. The van der Waals surface area contributed by atoms with Crippen LogP contribution in [0, 0.1) is 0 Å². The van der Waals surface area contributed by atoms with Crippen LogP contribution >= 0.6 is 0 Å². The van der Waals surface area contributed by atoms with E-state index in [4.69, 9.17) is 14.2 Å². The molecule has 1 fully saturated rings. The second kappa shape index (κ2) is 8.92. The summed E-state index contributed by atoms with van der Waals surface area (Å²) in [6.45, 7) is 0. The molecule has 0 aliphatic carbocycles. The van der Waals surface area contributed by atoms with Gasteiger partial charge in [-0.2, -0.15) is 0 Å². The molecule has 0 spiro atoms. The predicted octanol–water partition coefficient (Wildman–Crippen LogP) is 1.13. The number of carbonyl (C=O) groups excluding carboxylic acids is 1. The molecule has 5 N–H and O–H groups in total. The average Bonchev–Trinajstić information content (AvgIpc) is 3.18. The first-order valence-corrected chi connectivity index (χ1v) is 11.0. The molecule has 36 heavy (non-hydrogen) atoms. The summed E-state index contributed by atoms with van der Waals surface area (Å²) in [5.41, 5.74) is 0.858. The monoisotopic (exact) mass is 494 g/mol. The standard InChI is InChI=1S/C26H22O10/c27-15-9-5-13(6-10-15)26(18-4-2-1-3-17(18)24(33)36-26)14-7-11-16(12-8-14)34-25-21(30)19(28)20(29)22(35-25)23(31)32/h1-12,19-22,25,27-30H,(H,31,32)/t19-,20-,21+,22-,25-,26-/m1/s1. The lowest BCUT2D eigenvalue weighted by molar-refractivity contribution is -0.271. The van der Waals surface area contributed by atoms with Crippen molar-refractivity contribution in [2.24, 2.45) is 0 Å². The number of phenols is 1. The van der Waals surface area contributed by atoms with E-state index in [1.807, 2.05) is 0 Å². The Labute approximate surface area is 204 Å². The zero-order valence-corrected chi connectivity index (χ0v) is 18.6. The molecule has 3 aromatic carbocycles. The number of ether oxygens (including phenoxy) is 3. The number of aliphatic carboxylic acids is 1. The minimum atomic E-state index is -1.83. The topological polar surface area (TPSA) is 163 Å². The van der Waals surface area contributed by atoms with Gasteiger partial charge in [-0.3, -0.25) is 0 Å². The van der Waals surface area contributed by atoms with Crippen LogP contribution in [0.25, 0.3) is 0 Å². The highest BCUT2D eigenvalue weighted by atomic mass is 16.7. The molecule has 1 saturated heterocycles. The smallest absolute Gasteiger partial charge is 0.340 e. The third kappa shape index (κ3) is 3.76. The molecule has 3 aromatic rings. The molecule has 186 valence electrons. The summed E-state index contributed by atoms with van der Waals surface area (Å²) in [4.78, 5) is 24.1. The predicted molar refractivity (Wildman–Crippen MR) is 121 cm³/mol. The van der Waals surface area contributed by atoms with Gasteiger partial charge in [0.25, 0.3) is 0 Å². The van der Waals surface area contributed by atoms with Gasteiger partial charge in [-0.25, -0.2) is 9.59 Å². The maximum absolute atomic E-state index is 12.8. The van der Waals surface area contributed by atoms with E-state index in [-0.39, 0.29) is 11.5 Å². The van der Waals surface area contributed by atoms with Gasteiger partial charge >= 0.3 is 11.9 Å². The van der Waals surface area contributed by atoms with Crippen LogP contribution in [-0.4, -0.2) is 68.2 Å². The van der Waals surface area contributed by atoms with E-state index in [9.17, 15) is 35.1 Å². The Morgan fingerprint density at radius 3 is 2.08 bits per heavy atom.